The molecule has 1 saturated heterocycles. The van der Waals surface area contributed by atoms with Crippen LogP contribution in [0.3, 0.4) is 0 Å². The molecule has 2 atom stereocenters. The van der Waals surface area contributed by atoms with Crippen molar-refractivity contribution < 1.29 is 44.7 Å². The van der Waals surface area contributed by atoms with Gasteiger partial charge in [-0.15, -0.1) is 0 Å². The van der Waals surface area contributed by atoms with Crippen LogP contribution in [0, 0.1) is 0 Å². The number of morpholine rings is 1. The first-order valence-electron chi connectivity index (χ1n) is 5.23. The van der Waals surface area contributed by atoms with Crippen LogP contribution in [0.15, 0.2) is 0 Å². The lowest BCUT2D eigenvalue weighted by atomic mass is 10.1. The number of ether oxygens (including phenoxy) is 1. The van der Waals surface area contributed by atoms with Gasteiger partial charge in [0, 0.05) is 13.1 Å². The molecule has 0 saturated carbocycles. The van der Waals surface area contributed by atoms with Crippen LogP contribution in [0.5, 0.6) is 0 Å². The zero-order valence-electron chi connectivity index (χ0n) is 9.86. The van der Waals surface area contributed by atoms with Crippen molar-refractivity contribution in [1.29, 1.82) is 0 Å². The van der Waals surface area contributed by atoms with Gasteiger partial charge in [0.15, 0.2) is 6.10 Å². The van der Waals surface area contributed by atoms with Crippen molar-refractivity contribution in [3.05, 3.63) is 0 Å². The maximum absolute atomic E-state index is 13.4. The van der Waals surface area contributed by atoms with Crippen molar-refractivity contribution in [3.8, 4) is 0 Å². The van der Waals surface area contributed by atoms with Crippen LogP contribution in [-0.4, -0.2) is 54.4 Å². The van der Waals surface area contributed by atoms with Gasteiger partial charge in [0.25, 0.3) is 0 Å². The van der Waals surface area contributed by atoms with Gasteiger partial charge in [0.1, 0.15) is 0 Å². The van der Waals surface area contributed by atoms with Crippen molar-refractivity contribution in [2.45, 2.75) is 37.3 Å². The van der Waals surface area contributed by atoms with E-state index in [1.54, 1.807) is 0 Å². The molecule has 0 bridgehead atoms. The molecule has 3 nitrogen and oxygen atoms in total. The van der Waals surface area contributed by atoms with Gasteiger partial charge >= 0.3 is 24.2 Å². The van der Waals surface area contributed by atoms with E-state index in [0.29, 0.717) is 0 Å². The molecule has 1 heterocycles. The van der Waals surface area contributed by atoms with E-state index in [4.69, 9.17) is 0 Å². The number of hydrogen-bond acceptors (Lipinski definition) is 3. The van der Waals surface area contributed by atoms with Gasteiger partial charge in [0.2, 0.25) is 0 Å². The van der Waals surface area contributed by atoms with Crippen LogP contribution < -0.4 is 0 Å². The van der Waals surface area contributed by atoms with E-state index in [1.165, 1.54) is 0 Å². The first kappa shape index (κ1) is 17.1. The number of rotatable bonds is 3. The topological polar surface area (TPSA) is 29.5 Å². The minimum absolute atomic E-state index is 0.600. The van der Waals surface area contributed by atoms with Gasteiger partial charge in [-0.05, 0) is 6.92 Å². The Kier molecular flexibility index (Phi) is 4.35. The Bertz CT molecular complexity index is 383. The Morgan fingerprint density at radius 3 is 2.00 bits per heavy atom. The summed E-state index contributed by atoms with van der Waals surface area (Å²) in [7, 11) is 0. The van der Waals surface area contributed by atoms with Crippen LogP contribution in [0.25, 0.3) is 0 Å². The minimum atomic E-state index is -5.74. The molecule has 20 heavy (non-hydrogen) atoms. The standard InChI is InChI=1S/C9H9F8NO2/c1-4-2-18(3-5(20-4)8(13,14)15)9(16,17)7(11,12)6(10)19/h4-5H,2-3H2,1H3. The quantitative estimate of drug-likeness (QED) is 0.455. The van der Waals surface area contributed by atoms with E-state index < -0.39 is 54.4 Å². The molecule has 0 N–H and O–H groups in total. The van der Waals surface area contributed by atoms with Crippen LogP contribution in [0.4, 0.5) is 35.1 Å². The van der Waals surface area contributed by atoms with Crippen molar-refractivity contribution >= 4 is 6.04 Å². The molecule has 0 radical (unpaired) electrons. The average Bonchev–Trinajstić information content (AvgIpc) is 2.26. The number of hydrogen-bond donors (Lipinski definition) is 0. The predicted molar refractivity (Wildman–Crippen MR) is 48.0 cm³/mol. The average molecular weight is 315 g/mol. The van der Waals surface area contributed by atoms with Crippen molar-refractivity contribution in [1.82, 2.24) is 4.90 Å². The Morgan fingerprint density at radius 1 is 1.10 bits per heavy atom. The van der Waals surface area contributed by atoms with Gasteiger partial charge in [-0.3, -0.25) is 4.79 Å². The van der Waals surface area contributed by atoms with Gasteiger partial charge in [-0.2, -0.15) is 35.1 Å². The largest absolute Gasteiger partial charge is 0.415 e. The first-order valence-corrected chi connectivity index (χ1v) is 5.23. The second-order valence-electron chi connectivity index (χ2n) is 4.27. The second kappa shape index (κ2) is 5.10. The number of carbonyl (C=O) groups excluding carboxylic acids is 1. The summed E-state index contributed by atoms with van der Waals surface area (Å²) in [5.41, 5.74) is 0. The molecule has 0 spiro atoms. The zero-order chi connectivity index (χ0) is 15.9. The molecule has 0 aliphatic carbocycles. The smallest absolute Gasteiger partial charge is 0.363 e. The summed E-state index contributed by atoms with van der Waals surface area (Å²) < 4.78 is 106. The van der Waals surface area contributed by atoms with Crippen LogP contribution in [-0.2, 0) is 9.53 Å². The predicted octanol–water partition coefficient (Wildman–Crippen LogP) is 2.36. The zero-order valence-corrected chi connectivity index (χ0v) is 9.86. The van der Waals surface area contributed by atoms with Crippen molar-refractivity contribution in [2.24, 2.45) is 0 Å². The summed E-state index contributed by atoms with van der Waals surface area (Å²) in [4.78, 5) is 9.34. The Morgan fingerprint density at radius 2 is 1.60 bits per heavy atom. The third kappa shape index (κ3) is 3.03. The van der Waals surface area contributed by atoms with Crippen molar-refractivity contribution in [3.63, 3.8) is 0 Å². The fraction of sp³-hybridized carbons (Fsp3) is 0.889. The van der Waals surface area contributed by atoms with Crippen LogP contribution in [0.2, 0.25) is 0 Å². The molecule has 1 rings (SSSR count). The van der Waals surface area contributed by atoms with E-state index in [1.807, 2.05) is 0 Å². The fourth-order valence-electron chi connectivity index (χ4n) is 1.68. The highest BCUT2D eigenvalue weighted by Gasteiger charge is 2.67. The molecule has 2 unspecified atom stereocenters. The molecule has 0 amide bonds. The third-order valence-electron chi connectivity index (χ3n) is 2.65. The maximum atomic E-state index is 13.4. The normalized spacial score (nSPS) is 26.6. The fourth-order valence-corrected chi connectivity index (χ4v) is 1.68. The molecule has 1 aliphatic heterocycles. The summed E-state index contributed by atoms with van der Waals surface area (Å²) >= 11 is 0. The van der Waals surface area contributed by atoms with Gasteiger partial charge in [-0.1, -0.05) is 0 Å². The lowest BCUT2D eigenvalue weighted by molar-refractivity contribution is -0.319. The molecule has 118 valence electrons. The monoisotopic (exact) mass is 315 g/mol. The molecular formula is C9H9F8NO2. The molecule has 1 fully saturated rings. The maximum Gasteiger partial charge on any atom is 0.415 e. The van der Waals surface area contributed by atoms with E-state index >= 15 is 0 Å². The Hall–Kier alpha value is -0.970. The summed E-state index contributed by atoms with van der Waals surface area (Å²) in [6, 6.07) is -9.01. The van der Waals surface area contributed by atoms with Crippen LogP contribution >= 0.6 is 0 Å². The highest BCUT2D eigenvalue weighted by Crippen LogP contribution is 2.41. The minimum Gasteiger partial charge on any atom is -0.363 e. The molecule has 0 aromatic heterocycles. The molecular weight excluding hydrogens is 306 g/mol. The lowest BCUT2D eigenvalue weighted by Crippen LogP contribution is -2.64. The van der Waals surface area contributed by atoms with Gasteiger partial charge < -0.3 is 4.74 Å². The van der Waals surface area contributed by atoms with Gasteiger partial charge in [0.05, 0.1) is 6.10 Å². The molecule has 0 aromatic rings. The highest BCUT2D eigenvalue weighted by molar-refractivity contribution is 5.77. The number of halogens is 8. The van der Waals surface area contributed by atoms with E-state index in [-0.39, 0.29) is 0 Å². The third-order valence-corrected chi connectivity index (χ3v) is 2.65. The Labute approximate surface area is 107 Å². The van der Waals surface area contributed by atoms with E-state index in [2.05, 4.69) is 4.74 Å². The number of nitrogens with zero attached hydrogens (tertiary/aromatic N) is 1. The summed E-state index contributed by atoms with van der Waals surface area (Å²) in [6.45, 7) is -1.69. The van der Waals surface area contributed by atoms with E-state index in [0.717, 1.165) is 6.92 Å². The summed E-state index contributed by atoms with van der Waals surface area (Å²) in [5.74, 6) is -5.74. The lowest BCUT2D eigenvalue weighted by Gasteiger charge is -2.42. The highest BCUT2D eigenvalue weighted by atomic mass is 19.4. The summed E-state index contributed by atoms with van der Waals surface area (Å²) in [5, 5.41) is 0. The molecule has 11 heteroatoms. The van der Waals surface area contributed by atoms with Gasteiger partial charge in [-0.25, -0.2) is 4.90 Å². The number of alkyl halides is 7. The first-order chi connectivity index (χ1) is 8.80. The SMILES string of the molecule is CC1CN(C(F)(F)C(F)(F)C(=O)F)CC(C(F)(F)F)O1. The summed E-state index contributed by atoms with van der Waals surface area (Å²) in [6.07, 6.45) is -9.24. The number of carbonyl (C=O) groups is 1. The van der Waals surface area contributed by atoms with Crippen LogP contribution in [0.1, 0.15) is 6.92 Å². The molecule has 1 aliphatic rings. The Balaban J connectivity index is 3.03. The molecule has 0 aromatic carbocycles. The second-order valence-corrected chi connectivity index (χ2v) is 4.27. The van der Waals surface area contributed by atoms with E-state index in [9.17, 15) is 39.9 Å². The van der Waals surface area contributed by atoms with Crippen molar-refractivity contribution in [2.75, 3.05) is 13.1 Å².